The summed E-state index contributed by atoms with van der Waals surface area (Å²) in [5.41, 5.74) is 4.06. The largest absolute Gasteiger partial charge is 0.392 e. The van der Waals surface area contributed by atoms with Gasteiger partial charge in [-0.1, -0.05) is 72.8 Å². The van der Waals surface area contributed by atoms with Gasteiger partial charge in [-0.15, -0.1) is 0 Å². The van der Waals surface area contributed by atoms with Gasteiger partial charge in [0.15, 0.2) is 0 Å². The summed E-state index contributed by atoms with van der Waals surface area (Å²) in [5, 5.41) is 24.1. The Morgan fingerprint density at radius 1 is 0.884 bits per heavy atom. The van der Waals surface area contributed by atoms with Gasteiger partial charge >= 0.3 is 6.03 Å². The zero-order valence-corrected chi connectivity index (χ0v) is 25.6. The van der Waals surface area contributed by atoms with Crippen LogP contribution in [0.1, 0.15) is 51.2 Å². The number of carbonyl (C=O) groups is 3. The van der Waals surface area contributed by atoms with Crippen LogP contribution in [-0.2, 0) is 22.6 Å². The lowest BCUT2D eigenvalue weighted by atomic mass is 9.98. The molecule has 0 unspecified atom stereocenters. The Morgan fingerprint density at radius 2 is 1.56 bits per heavy atom. The van der Waals surface area contributed by atoms with E-state index in [0.717, 1.165) is 29.5 Å². The molecule has 4 amide bonds. The van der Waals surface area contributed by atoms with Gasteiger partial charge < -0.3 is 31.7 Å². The number of anilines is 1. The predicted molar refractivity (Wildman–Crippen MR) is 171 cm³/mol. The zero-order valence-electron chi connectivity index (χ0n) is 25.6. The van der Waals surface area contributed by atoms with Crippen molar-refractivity contribution in [3.05, 3.63) is 90.0 Å². The fourth-order valence-corrected chi connectivity index (χ4v) is 4.70. The van der Waals surface area contributed by atoms with Crippen molar-refractivity contribution >= 4 is 23.5 Å². The van der Waals surface area contributed by atoms with E-state index in [2.05, 4.69) is 38.7 Å². The predicted octanol–water partition coefficient (Wildman–Crippen LogP) is 4.37. The first-order valence-corrected chi connectivity index (χ1v) is 14.8. The fraction of sp³-hybridized carbons (Fsp3) is 0.382. The van der Waals surface area contributed by atoms with Gasteiger partial charge in [0.1, 0.15) is 6.04 Å². The number of hydrogen-bond donors (Lipinski definition) is 6. The number of aliphatic hydroxyl groups excluding tert-OH is 1. The third kappa shape index (κ3) is 11.5. The molecule has 0 heterocycles. The first-order chi connectivity index (χ1) is 20.6. The molecule has 0 fully saturated rings. The molecule has 3 rings (SSSR count). The number of para-hydroxylation sites is 1. The van der Waals surface area contributed by atoms with E-state index >= 15 is 0 Å². The number of amides is 4. The molecule has 0 saturated heterocycles. The van der Waals surface area contributed by atoms with Crippen LogP contribution in [0.5, 0.6) is 0 Å². The lowest BCUT2D eigenvalue weighted by Gasteiger charge is -2.28. The Kier molecular flexibility index (Phi) is 12.7. The molecule has 2 atom stereocenters. The monoisotopic (exact) mass is 587 g/mol. The minimum absolute atomic E-state index is 0.167. The quantitative estimate of drug-likeness (QED) is 0.157. The Labute approximate surface area is 254 Å². The van der Waals surface area contributed by atoms with Crippen molar-refractivity contribution in [2.24, 2.45) is 0 Å². The molecule has 9 nitrogen and oxygen atoms in total. The molecule has 0 aliphatic carbocycles. The summed E-state index contributed by atoms with van der Waals surface area (Å²) >= 11 is 0. The lowest BCUT2D eigenvalue weighted by Crippen LogP contribution is -2.51. The molecule has 0 spiro atoms. The van der Waals surface area contributed by atoms with Crippen molar-refractivity contribution in [2.75, 3.05) is 18.9 Å². The van der Waals surface area contributed by atoms with E-state index in [9.17, 15) is 19.5 Å². The maximum Gasteiger partial charge on any atom is 0.318 e. The van der Waals surface area contributed by atoms with E-state index in [1.54, 1.807) is 14.0 Å². The van der Waals surface area contributed by atoms with Crippen LogP contribution in [0.15, 0.2) is 78.9 Å². The van der Waals surface area contributed by atoms with Gasteiger partial charge in [-0.25, -0.2) is 4.79 Å². The van der Waals surface area contributed by atoms with Crippen molar-refractivity contribution in [2.45, 2.75) is 70.7 Å². The topological polar surface area (TPSA) is 132 Å². The number of β-amino-alcohol motifs (C(OH)–C–C–N with tert-alkyl or cyclic N) is 1. The lowest BCUT2D eigenvalue weighted by molar-refractivity contribution is -0.130. The normalized spacial score (nSPS) is 12.6. The van der Waals surface area contributed by atoms with Crippen LogP contribution < -0.4 is 26.6 Å². The maximum atomic E-state index is 13.3. The average molecular weight is 588 g/mol. The molecular weight excluding hydrogens is 542 g/mol. The molecule has 6 N–H and O–H groups in total. The number of aliphatic hydroxyl groups is 1. The molecule has 0 aliphatic rings. The van der Waals surface area contributed by atoms with Gasteiger partial charge in [0.25, 0.3) is 0 Å². The maximum absolute atomic E-state index is 13.3. The highest BCUT2D eigenvalue weighted by Gasteiger charge is 2.26. The Morgan fingerprint density at radius 3 is 2.23 bits per heavy atom. The summed E-state index contributed by atoms with van der Waals surface area (Å²) in [4.78, 5) is 38.2. The average Bonchev–Trinajstić information content (AvgIpc) is 2.99. The highest BCUT2D eigenvalue weighted by molar-refractivity contribution is 5.94. The Hall–Kier alpha value is -4.21. The van der Waals surface area contributed by atoms with Crippen LogP contribution in [0.4, 0.5) is 10.5 Å². The van der Waals surface area contributed by atoms with Gasteiger partial charge in [0.2, 0.25) is 11.8 Å². The van der Waals surface area contributed by atoms with Gasteiger partial charge in [-0.3, -0.25) is 9.59 Å². The molecule has 43 heavy (non-hydrogen) atoms. The molecule has 0 aliphatic heterocycles. The number of benzene rings is 3. The Bertz CT molecular complexity index is 1330. The highest BCUT2D eigenvalue weighted by atomic mass is 16.3. The molecule has 9 heteroatoms. The SMILES string of the molecule is CNC(=O)Nc1ccccc1-c1ccc(CNC(=O)[C@@H](CCCc2ccccc2)NC(=O)CC(C)(C)NC[C@@H](C)O)cc1. The summed E-state index contributed by atoms with van der Waals surface area (Å²) in [5.74, 6) is -0.461. The minimum atomic E-state index is -0.675. The molecule has 0 bridgehead atoms. The fourth-order valence-electron chi connectivity index (χ4n) is 4.70. The summed E-state index contributed by atoms with van der Waals surface area (Å²) in [6.07, 6.45) is 1.69. The van der Waals surface area contributed by atoms with Crippen molar-refractivity contribution in [1.29, 1.82) is 0 Å². The van der Waals surface area contributed by atoms with Crippen LogP contribution >= 0.6 is 0 Å². The molecule has 3 aromatic carbocycles. The molecular formula is C34H45N5O4. The molecule has 3 aromatic rings. The standard InChI is InChI=1S/C34H45N5O4/c1-24(40)22-37-34(2,3)21-31(41)38-30(16-10-13-25-11-6-5-7-12-25)32(42)36-23-26-17-19-27(20-18-26)28-14-8-9-15-29(28)39-33(43)35-4/h5-9,11-12,14-15,17-20,24,30,37,40H,10,13,16,21-23H2,1-4H3,(H,36,42)(H,38,41)(H2,35,39,43)/t24-,30-/m1/s1. The van der Waals surface area contributed by atoms with Crippen LogP contribution in [-0.4, -0.2) is 54.2 Å². The van der Waals surface area contributed by atoms with Crippen LogP contribution in [0.3, 0.4) is 0 Å². The highest BCUT2D eigenvalue weighted by Crippen LogP contribution is 2.28. The summed E-state index contributed by atoms with van der Waals surface area (Å²) in [7, 11) is 1.57. The minimum Gasteiger partial charge on any atom is -0.392 e. The van der Waals surface area contributed by atoms with E-state index in [-0.39, 0.29) is 24.3 Å². The van der Waals surface area contributed by atoms with E-state index in [0.29, 0.717) is 25.2 Å². The summed E-state index contributed by atoms with van der Waals surface area (Å²) in [6.45, 7) is 6.17. The molecule has 230 valence electrons. The molecule has 0 radical (unpaired) electrons. The second kappa shape index (κ2) is 16.4. The molecule has 0 saturated carbocycles. The smallest absolute Gasteiger partial charge is 0.318 e. The van der Waals surface area contributed by atoms with Crippen LogP contribution in [0.25, 0.3) is 11.1 Å². The number of carbonyl (C=O) groups excluding carboxylic acids is 3. The zero-order chi connectivity index (χ0) is 31.2. The third-order valence-corrected chi connectivity index (χ3v) is 7.07. The van der Waals surface area contributed by atoms with E-state index in [1.165, 1.54) is 5.56 Å². The van der Waals surface area contributed by atoms with Crippen molar-refractivity contribution in [3.63, 3.8) is 0 Å². The number of hydrogen-bond acceptors (Lipinski definition) is 5. The van der Waals surface area contributed by atoms with Crippen molar-refractivity contribution in [1.82, 2.24) is 21.3 Å². The second-order valence-electron chi connectivity index (χ2n) is 11.5. The van der Waals surface area contributed by atoms with E-state index in [1.807, 2.05) is 80.6 Å². The number of aryl methyl sites for hydroxylation is 1. The Balaban J connectivity index is 1.63. The number of rotatable bonds is 15. The first-order valence-electron chi connectivity index (χ1n) is 14.8. The van der Waals surface area contributed by atoms with E-state index in [4.69, 9.17) is 0 Å². The first kappa shape index (κ1) is 33.3. The number of urea groups is 1. The third-order valence-electron chi connectivity index (χ3n) is 7.07. The van der Waals surface area contributed by atoms with Gasteiger partial charge in [-0.05, 0) is 62.8 Å². The van der Waals surface area contributed by atoms with Gasteiger partial charge in [0, 0.05) is 37.7 Å². The van der Waals surface area contributed by atoms with Crippen molar-refractivity contribution < 1.29 is 19.5 Å². The van der Waals surface area contributed by atoms with Crippen LogP contribution in [0, 0.1) is 0 Å². The second-order valence-corrected chi connectivity index (χ2v) is 11.5. The number of nitrogens with one attached hydrogen (secondary N) is 5. The summed E-state index contributed by atoms with van der Waals surface area (Å²) in [6, 6.07) is 24.4. The van der Waals surface area contributed by atoms with E-state index < -0.39 is 17.7 Å². The van der Waals surface area contributed by atoms with Gasteiger partial charge in [-0.2, -0.15) is 0 Å². The van der Waals surface area contributed by atoms with Gasteiger partial charge in [0.05, 0.1) is 11.8 Å². The molecule has 0 aromatic heterocycles. The summed E-state index contributed by atoms with van der Waals surface area (Å²) < 4.78 is 0. The van der Waals surface area contributed by atoms with Crippen molar-refractivity contribution in [3.8, 4) is 11.1 Å². The van der Waals surface area contributed by atoms with Crippen LogP contribution in [0.2, 0.25) is 0 Å².